The van der Waals surface area contributed by atoms with Crippen LogP contribution in [0.2, 0.25) is 0 Å². The molecule has 4 nitrogen and oxygen atoms in total. The second-order valence-electron chi connectivity index (χ2n) is 4.99. The van der Waals surface area contributed by atoms with Crippen LogP contribution in [0.4, 0.5) is 0 Å². The van der Waals surface area contributed by atoms with Gasteiger partial charge in [0.1, 0.15) is 5.41 Å². The maximum atomic E-state index is 12.0. The van der Waals surface area contributed by atoms with Crippen LogP contribution in [0.5, 0.6) is 0 Å². The van der Waals surface area contributed by atoms with E-state index in [1.165, 1.54) is 6.42 Å². The molecule has 2 fully saturated rings. The number of nitriles is 1. The Balaban J connectivity index is 1.88. The van der Waals surface area contributed by atoms with Gasteiger partial charge in [-0.05, 0) is 31.1 Å². The third kappa shape index (κ3) is 2.19. The van der Waals surface area contributed by atoms with Crippen molar-refractivity contribution in [1.29, 1.82) is 5.26 Å². The van der Waals surface area contributed by atoms with Crippen LogP contribution >= 0.6 is 0 Å². The van der Waals surface area contributed by atoms with E-state index in [1.807, 2.05) is 0 Å². The Bertz CT molecular complexity index is 315. The van der Waals surface area contributed by atoms with Crippen molar-refractivity contribution >= 4 is 5.91 Å². The highest BCUT2D eigenvalue weighted by atomic mass is 16.5. The molecule has 2 unspecified atom stereocenters. The zero-order chi connectivity index (χ0) is 11.6. The average Bonchev–Trinajstić information content (AvgIpc) is 3.03. The summed E-state index contributed by atoms with van der Waals surface area (Å²) < 4.78 is 5.20. The number of amides is 1. The molecule has 88 valence electrons. The van der Waals surface area contributed by atoms with E-state index in [2.05, 4.69) is 18.3 Å². The Morgan fingerprint density at radius 2 is 2.19 bits per heavy atom. The summed E-state index contributed by atoms with van der Waals surface area (Å²) in [6.45, 7) is 3.94. The van der Waals surface area contributed by atoms with E-state index in [9.17, 15) is 10.1 Å². The van der Waals surface area contributed by atoms with Gasteiger partial charge in [-0.3, -0.25) is 4.79 Å². The smallest absolute Gasteiger partial charge is 0.240 e. The van der Waals surface area contributed by atoms with Crippen LogP contribution < -0.4 is 5.32 Å². The lowest BCUT2D eigenvalue weighted by atomic mass is 9.81. The van der Waals surface area contributed by atoms with E-state index in [-0.39, 0.29) is 5.91 Å². The summed E-state index contributed by atoms with van der Waals surface area (Å²) in [7, 11) is 0. The Kier molecular flexibility index (Phi) is 3.15. The standard InChI is InChI=1S/C12H18N2O2/c1-9-6-10(9)7-14-11(15)12(8-13)2-4-16-5-3-12/h9-10H,2-7H2,1H3,(H,14,15). The van der Waals surface area contributed by atoms with Gasteiger partial charge >= 0.3 is 0 Å². The Morgan fingerprint density at radius 1 is 1.56 bits per heavy atom. The highest BCUT2D eigenvalue weighted by Gasteiger charge is 2.41. The summed E-state index contributed by atoms with van der Waals surface area (Å²) in [5.74, 6) is 1.25. The molecule has 1 heterocycles. The summed E-state index contributed by atoms with van der Waals surface area (Å²) in [4.78, 5) is 12.0. The molecule has 1 saturated carbocycles. The second kappa shape index (κ2) is 4.42. The van der Waals surface area contributed by atoms with Gasteiger partial charge in [0, 0.05) is 19.8 Å². The first-order chi connectivity index (χ1) is 7.68. The molecule has 2 aliphatic rings. The molecule has 0 aromatic rings. The van der Waals surface area contributed by atoms with Crippen LogP contribution in [0.25, 0.3) is 0 Å². The lowest BCUT2D eigenvalue weighted by Gasteiger charge is -2.29. The molecule has 2 atom stereocenters. The SMILES string of the molecule is CC1CC1CNC(=O)C1(C#N)CCOCC1. The number of hydrogen-bond donors (Lipinski definition) is 1. The van der Waals surface area contributed by atoms with E-state index in [0.29, 0.717) is 32.0 Å². The van der Waals surface area contributed by atoms with E-state index in [4.69, 9.17) is 4.74 Å². The lowest BCUT2D eigenvalue weighted by Crippen LogP contribution is -2.44. The Labute approximate surface area is 96.0 Å². The molecular formula is C12H18N2O2. The number of carbonyl (C=O) groups excluding carboxylic acids is 1. The fraction of sp³-hybridized carbons (Fsp3) is 0.833. The summed E-state index contributed by atoms with van der Waals surface area (Å²) in [5, 5.41) is 12.1. The summed E-state index contributed by atoms with van der Waals surface area (Å²) >= 11 is 0. The molecule has 1 aliphatic carbocycles. The molecule has 4 heteroatoms. The minimum Gasteiger partial charge on any atom is -0.381 e. The van der Waals surface area contributed by atoms with E-state index < -0.39 is 5.41 Å². The van der Waals surface area contributed by atoms with Crippen LogP contribution in [0.1, 0.15) is 26.2 Å². The van der Waals surface area contributed by atoms with Crippen LogP contribution in [-0.2, 0) is 9.53 Å². The molecular weight excluding hydrogens is 204 g/mol. The quantitative estimate of drug-likeness (QED) is 0.777. The molecule has 0 bridgehead atoms. The van der Waals surface area contributed by atoms with Gasteiger partial charge in [0.25, 0.3) is 0 Å². The monoisotopic (exact) mass is 222 g/mol. The van der Waals surface area contributed by atoms with Gasteiger partial charge in [-0.2, -0.15) is 5.26 Å². The van der Waals surface area contributed by atoms with Gasteiger partial charge in [-0.25, -0.2) is 0 Å². The first kappa shape index (κ1) is 11.4. The fourth-order valence-corrected chi connectivity index (χ4v) is 2.19. The normalized spacial score (nSPS) is 31.5. The fourth-order valence-electron chi connectivity index (χ4n) is 2.19. The van der Waals surface area contributed by atoms with Gasteiger partial charge in [0.05, 0.1) is 6.07 Å². The lowest BCUT2D eigenvalue weighted by molar-refractivity contribution is -0.132. The molecule has 0 spiro atoms. The predicted octanol–water partition coefficient (Wildman–Crippen LogP) is 1.08. The van der Waals surface area contributed by atoms with Crippen molar-refractivity contribution in [2.24, 2.45) is 17.3 Å². The van der Waals surface area contributed by atoms with Crippen LogP contribution in [0.15, 0.2) is 0 Å². The Morgan fingerprint density at radius 3 is 2.69 bits per heavy atom. The number of hydrogen-bond acceptors (Lipinski definition) is 3. The van der Waals surface area contributed by atoms with Crippen molar-refractivity contribution in [1.82, 2.24) is 5.32 Å². The molecule has 1 N–H and O–H groups in total. The van der Waals surface area contributed by atoms with Crippen molar-refractivity contribution in [3.63, 3.8) is 0 Å². The third-order valence-electron chi connectivity index (χ3n) is 3.80. The number of rotatable bonds is 3. The van der Waals surface area contributed by atoms with Gasteiger partial charge in [0.2, 0.25) is 5.91 Å². The third-order valence-corrected chi connectivity index (χ3v) is 3.80. The summed E-state index contributed by atoms with van der Waals surface area (Å²) in [6, 6.07) is 2.18. The largest absolute Gasteiger partial charge is 0.381 e. The van der Waals surface area contributed by atoms with E-state index in [1.54, 1.807) is 0 Å². The number of carbonyl (C=O) groups is 1. The Hall–Kier alpha value is -1.08. The maximum absolute atomic E-state index is 12.0. The van der Waals surface area contributed by atoms with Crippen LogP contribution in [0.3, 0.4) is 0 Å². The first-order valence-corrected chi connectivity index (χ1v) is 5.95. The minimum absolute atomic E-state index is 0.0996. The highest BCUT2D eigenvalue weighted by molar-refractivity contribution is 5.85. The topological polar surface area (TPSA) is 62.1 Å². The molecule has 1 saturated heterocycles. The van der Waals surface area contributed by atoms with Gasteiger partial charge in [-0.15, -0.1) is 0 Å². The van der Waals surface area contributed by atoms with Gasteiger partial charge < -0.3 is 10.1 Å². The maximum Gasteiger partial charge on any atom is 0.240 e. The molecule has 1 aliphatic heterocycles. The predicted molar refractivity (Wildman–Crippen MR) is 58.4 cm³/mol. The van der Waals surface area contributed by atoms with Crippen molar-refractivity contribution in [3.8, 4) is 6.07 Å². The van der Waals surface area contributed by atoms with E-state index in [0.717, 1.165) is 12.5 Å². The number of nitrogens with zero attached hydrogens (tertiary/aromatic N) is 1. The van der Waals surface area contributed by atoms with E-state index >= 15 is 0 Å². The average molecular weight is 222 g/mol. The molecule has 16 heavy (non-hydrogen) atoms. The van der Waals surface area contributed by atoms with Crippen molar-refractivity contribution in [3.05, 3.63) is 0 Å². The zero-order valence-corrected chi connectivity index (χ0v) is 9.66. The molecule has 0 aromatic heterocycles. The van der Waals surface area contributed by atoms with Gasteiger partial charge in [-0.1, -0.05) is 6.92 Å². The van der Waals surface area contributed by atoms with Gasteiger partial charge in [0.15, 0.2) is 0 Å². The highest BCUT2D eigenvalue weighted by Crippen LogP contribution is 2.37. The van der Waals surface area contributed by atoms with Crippen molar-refractivity contribution in [2.45, 2.75) is 26.2 Å². The first-order valence-electron chi connectivity index (χ1n) is 5.95. The molecule has 0 radical (unpaired) electrons. The summed E-state index contributed by atoms with van der Waals surface area (Å²) in [5.41, 5.74) is -0.837. The molecule has 0 aromatic carbocycles. The van der Waals surface area contributed by atoms with Crippen LogP contribution in [0, 0.1) is 28.6 Å². The second-order valence-corrected chi connectivity index (χ2v) is 4.99. The van der Waals surface area contributed by atoms with Crippen LogP contribution in [-0.4, -0.2) is 25.7 Å². The summed E-state index contributed by atoms with van der Waals surface area (Å²) in [6.07, 6.45) is 2.24. The minimum atomic E-state index is -0.837. The zero-order valence-electron chi connectivity index (χ0n) is 9.66. The van der Waals surface area contributed by atoms with Crippen molar-refractivity contribution < 1.29 is 9.53 Å². The molecule has 2 rings (SSSR count). The number of nitrogens with one attached hydrogen (secondary N) is 1. The molecule has 1 amide bonds. The van der Waals surface area contributed by atoms with Crippen molar-refractivity contribution in [2.75, 3.05) is 19.8 Å². The number of ether oxygens (including phenoxy) is 1.